The van der Waals surface area contributed by atoms with Crippen molar-refractivity contribution in [1.82, 2.24) is 9.88 Å². The zero-order valence-corrected chi connectivity index (χ0v) is 15.0. The Morgan fingerprint density at radius 3 is 2.88 bits per heavy atom. The summed E-state index contributed by atoms with van der Waals surface area (Å²) in [6.45, 7) is 7.08. The van der Waals surface area contributed by atoms with Crippen LogP contribution in [0.2, 0.25) is 0 Å². The lowest BCUT2D eigenvalue weighted by atomic mass is 9.81. The van der Waals surface area contributed by atoms with E-state index in [4.69, 9.17) is 4.74 Å². The molecule has 1 aromatic heterocycles. The summed E-state index contributed by atoms with van der Waals surface area (Å²) >= 11 is 0. The summed E-state index contributed by atoms with van der Waals surface area (Å²) in [6, 6.07) is 1.56. The van der Waals surface area contributed by atoms with E-state index in [2.05, 4.69) is 15.5 Å². The van der Waals surface area contributed by atoms with Gasteiger partial charge < -0.3 is 9.64 Å². The highest BCUT2D eigenvalue weighted by molar-refractivity contribution is 5.86. The van der Waals surface area contributed by atoms with Gasteiger partial charge in [-0.3, -0.25) is 10.4 Å². The lowest BCUT2D eigenvalue weighted by Crippen LogP contribution is -2.35. The lowest BCUT2D eigenvalue weighted by Gasteiger charge is -2.24. The van der Waals surface area contributed by atoms with Gasteiger partial charge >= 0.3 is 6.09 Å². The van der Waals surface area contributed by atoms with Gasteiger partial charge in [-0.15, -0.1) is 0 Å². The van der Waals surface area contributed by atoms with E-state index in [0.717, 1.165) is 37.7 Å². The number of nitrogens with zero attached hydrogens (tertiary/aromatic N) is 3. The molecule has 0 aromatic carbocycles. The first-order valence-corrected chi connectivity index (χ1v) is 8.71. The van der Waals surface area contributed by atoms with Crippen LogP contribution in [0.4, 0.5) is 14.9 Å². The summed E-state index contributed by atoms with van der Waals surface area (Å²) in [7, 11) is 0. The Labute approximate surface area is 147 Å². The molecular weight excluding hydrogens is 323 g/mol. The number of hydrogen-bond donors (Lipinski definition) is 1. The minimum atomic E-state index is -0.476. The highest BCUT2D eigenvalue weighted by atomic mass is 19.1. The molecule has 136 valence electrons. The number of carbonyl (C=O) groups is 1. The molecule has 1 amide bonds. The summed E-state index contributed by atoms with van der Waals surface area (Å²) < 4.78 is 19.1. The van der Waals surface area contributed by atoms with E-state index in [9.17, 15) is 9.18 Å². The second-order valence-electron chi connectivity index (χ2n) is 7.79. The van der Waals surface area contributed by atoms with Crippen molar-refractivity contribution >= 4 is 17.5 Å². The second kappa shape index (κ2) is 6.98. The van der Waals surface area contributed by atoms with Gasteiger partial charge in [0.15, 0.2) is 5.82 Å². The average Bonchev–Trinajstić information content (AvgIpc) is 2.96. The topological polar surface area (TPSA) is 66.8 Å². The summed E-state index contributed by atoms with van der Waals surface area (Å²) in [6.07, 6.45) is 5.13. The summed E-state index contributed by atoms with van der Waals surface area (Å²) in [5, 5.41) is 4.37. The zero-order valence-electron chi connectivity index (χ0n) is 15.0. The Hall–Kier alpha value is -2.18. The van der Waals surface area contributed by atoms with E-state index in [1.54, 1.807) is 11.0 Å². The number of pyridine rings is 1. The average molecular weight is 348 g/mol. The normalized spacial score (nSPS) is 25.0. The molecule has 6 nitrogen and oxygen atoms in total. The number of aromatic nitrogens is 1. The fourth-order valence-corrected chi connectivity index (χ4v) is 3.44. The van der Waals surface area contributed by atoms with Gasteiger partial charge in [0.1, 0.15) is 5.60 Å². The van der Waals surface area contributed by atoms with Crippen LogP contribution < -0.4 is 5.43 Å². The van der Waals surface area contributed by atoms with Crippen LogP contribution in [-0.2, 0) is 4.74 Å². The number of halogens is 1. The van der Waals surface area contributed by atoms with Gasteiger partial charge in [-0.05, 0) is 57.9 Å². The maximum atomic E-state index is 13.6. The molecule has 7 heteroatoms. The molecule has 1 aliphatic heterocycles. The zero-order chi connectivity index (χ0) is 18.0. The van der Waals surface area contributed by atoms with Crippen LogP contribution in [0.1, 0.15) is 40.0 Å². The number of nitrogens with one attached hydrogen (secondary N) is 1. The van der Waals surface area contributed by atoms with E-state index >= 15 is 0 Å². The largest absolute Gasteiger partial charge is 0.444 e. The van der Waals surface area contributed by atoms with Crippen molar-refractivity contribution in [3.63, 3.8) is 0 Å². The quantitative estimate of drug-likeness (QED) is 0.829. The van der Waals surface area contributed by atoms with Crippen LogP contribution in [0.15, 0.2) is 23.6 Å². The van der Waals surface area contributed by atoms with Crippen LogP contribution >= 0.6 is 0 Å². The fraction of sp³-hybridized carbons (Fsp3) is 0.611. The van der Waals surface area contributed by atoms with Crippen molar-refractivity contribution < 1.29 is 13.9 Å². The second-order valence-corrected chi connectivity index (χ2v) is 7.79. The molecule has 3 rings (SSSR count). The standard InChI is InChI=1S/C18H25FN4O2/c1-18(2,3)25-17(24)23-10-12-4-5-14(8-13(12)11-23)21-22-16-6-7-20-9-15(16)19/h6-7,9,12-13H,4-5,8,10-11H2,1-3H3,(H,20,22)/b21-14+. The highest BCUT2D eigenvalue weighted by Gasteiger charge is 2.39. The minimum Gasteiger partial charge on any atom is -0.444 e. The number of hydrogen-bond acceptors (Lipinski definition) is 5. The first kappa shape index (κ1) is 17.6. The molecule has 1 saturated heterocycles. The van der Waals surface area contributed by atoms with E-state index < -0.39 is 11.4 Å². The van der Waals surface area contributed by atoms with Gasteiger partial charge in [-0.1, -0.05) is 0 Å². The highest BCUT2D eigenvalue weighted by Crippen LogP contribution is 2.35. The van der Waals surface area contributed by atoms with Crippen molar-refractivity contribution in [2.24, 2.45) is 16.9 Å². The number of hydrazone groups is 1. The third-order valence-corrected chi connectivity index (χ3v) is 4.64. The number of anilines is 1. The fourth-order valence-electron chi connectivity index (χ4n) is 3.44. The van der Waals surface area contributed by atoms with E-state index in [-0.39, 0.29) is 6.09 Å². The molecule has 2 aliphatic rings. The van der Waals surface area contributed by atoms with Gasteiger partial charge in [-0.2, -0.15) is 5.10 Å². The number of ether oxygens (including phenoxy) is 1. The predicted molar refractivity (Wildman–Crippen MR) is 93.9 cm³/mol. The smallest absolute Gasteiger partial charge is 0.410 e. The first-order valence-electron chi connectivity index (χ1n) is 8.71. The molecule has 0 bridgehead atoms. The summed E-state index contributed by atoms with van der Waals surface area (Å²) in [5.74, 6) is 0.464. The molecular formula is C18H25FN4O2. The molecule has 1 saturated carbocycles. The van der Waals surface area contributed by atoms with Crippen molar-refractivity contribution in [2.75, 3.05) is 18.5 Å². The third-order valence-electron chi connectivity index (χ3n) is 4.64. The maximum Gasteiger partial charge on any atom is 0.410 e. The minimum absolute atomic E-state index is 0.239. The van der Waals surface area contributed by atoms with Crippen LogP contribution in [-0.4, -0.2) is 40.4 Å². The van der Waals surface area contributed by atoms with Crippen LogP contribution in [0, 0.1) is 17.7 Å². The number of fused-ring (bicyclic) bond motifs is 1. The molecule has 0 radical (unpaired) electrons. The molecule has 1 N–H and O–H groups in total. The maximum absolute atomic E-state index is 13.6. The first-order chi connectivity index (χ1) is 11.8. The Kier molecular flexibility index (Phi) is 4.92. The van der Waals surface area contributed by atoms with Gasteiger partial charge in [0.05, 0.1) is 11.9 Å². The Morgan fingerprint density at radius 2 is 2.16 bits per heavy atom. The van der Waals surface area contributed by atoms with Crippen molar-refractivity contribution in [3.8, 4) is 0 Å². The van der Waals surface area contributed by atoms with Gasteiger partial charge in [0, 0.05) is 25.0 Å². The summed E-state index contributed by atoms with van der Waals surface area (Å²) in [5.41, 5.74) is 3.66. The summed E-state index contributed by atoms with van der Waals surface area (Å²) in [4.78, 5) is 17.8. The molecule has 0 spiro atoms. The SMILES string of the molecule is CC(C)(C)OC(=O)N1CC2CC/C(=N\Nc3ccncc3F)CC2C1. The van der Waals surface area contributed by atoms with Crippen LogP contribution in [0.3, 0.4) is 0 Å². The molecule has 25 heavy (non-hydrogen) atoms. The number of rotatable bonds is 2. The molecule has 1 aliphatic carbocycles. The van der Waals surface area contributed by atoms with Crippen molar-refractivity contribution in [2.45, 2.75) is 45.6 Å². The Balaban J connectivity index is 1.58. The van der Waals surface area contributed by atoms with Crippen molar-refractivity contribution in [1.29, 1.82) is 0 Å². The molecule has 1 aromatic rings. The van der Waals surface area contributed by atoms with Gasteiger partial charge in [0.25, 0.3) is 0 Å². The van der Waals surface area contributed by atoms with Gasteiger partial charge in [0.2, 0.25) is 0 Å². The molecule has 2 atom stereocenters. The molecule has 2 unspecified atom stereocenters. The van der Waals surface area contributed by atoms with Crippen LogP contribution in [0.5, 0.6) is 0 Å². The number of likely N-dealkylation sites (tertiary alicyclic amines) is 1. The lowest BCUT2D eigenvalue weighted by molar-refractivity contribution is 0.0284. The van der Waals surface area contributed by atoms with E-state index in [1.807, 2.05) is 20.8 Å². The number of amides is 1. The van der Waals surface area contributed by atoms with E-state index in [0.29, 0.717) is 24.1 Å². The third kappa shape index (κ3) is 4.46. The molecule has 2 heterocycles. The monoisotopic (exact) mass is 348 g/mol. The molecule has 2 fully saturated rings. The van der Waals surface area contributed by atoms with Gasteiger partial charge in [-0.25, -0.2) is 9.18 Å². The Morgan fingerprint density at radius 1 is 1.40 bits per heavy atom. The van der Waals surface area contributed by atoms with Crippen LogP contribution in [0.25, 0.3) is 0 Å². The predicted octanol–water partition coefficient (Wildman–Crippen LogP) is 3.66. The van der Waals surface area contributed by atoms with Crippen molar-refractivity contribution in [3.05, 3.63) is 24.3 Å². The Bertz CT molecular complexity index is 671. The van der Waals surface area contributed by atoms with E-state index in [1.165, 1.54) is 6.20 Å². The number of carbonyl (C=O) groups excluding carboxylic acids is 1.